The van der Waals surface area contributed by atoms with Gasteiger partial charge < -0.3 is 10.8 Å². The van der Waals surface area contributed by atoms with Gasteiger partial charge in [-0.1, -0.05) is 71.6 Å². The lowest BCUT2D eigenvalue weighted by Gasteiger charge is -1.98. The van der Waals surface area contributed by atoms with E-state index in [1.807, 2.05) is 0 Å². The first kappa shape index (κ1) is 21.1. The summed E-state index contributed by atoms with van der Waals surface area (Å²) >= 11 is 0. The summed E-state index contributed by atoms with van der Waals surface area (Å²) in [6.07, 6.45) is 14.0. The lowest BCUT2D eigenvalue weighted by atomic mass is 10.1. The van der Waals surface area contributed by atoms with Crippen molar-refractivity contribution < 1.29 is 9.59 Å². The van der Waals surface area contributed by atoms with E-state index in [1.165, 1.54) is 57.8 Å². The fraction of sp³-hybridized carbons (Fsp3) is 0.846. The molecule has 0 aliphatic rings. The van der Waals surface area contributed by atoms with Crippen molar-refractivity contribution in [3.63, 3.8) is 0 Å². The molecule has 0 aromatic carbocycles. The Morgan fingerprint density at radius 3 is 1.00 bits per heavy atom. The number of isocyanates is 2. The van der Waals surface area contributed by atoms with Crippen molar-refractivity contribution in [2.24, 2.45) is 0 Å². The molecule has 17 heavy (non-hydrogen) atoms. The number of unbranched alkanes of at least 4 members (excludes halogenated alkanes) is 8. The van der Waals surface area contributed by atoms with E-state index in [2.05, 4.69) is 13.8 Å². The van der Waals surface area contributed by atoms with Gasteiger partial charge in [0.25, 0.3) is 0 Å². The topological polar surface area (TPSA) is 78.7 Å². The Balaban J connectivity index is -0.000000273. The second kappa shape index (κ2) is 29.3. The van der Waals surface area contributed by atoms with E-state index in [9.17, 15) is 0 Å². The van der Waals surface area contributed by atoms with Gasteiger partial charge in [0.05, 0.1) is 0 Å². The van der Waals surface area contributed by atoms with Gasteiger partial charge in [0, 0.05) is 0 Å². The van der Waals surface area contributed by atoms with Crippen molar-refractivity contribution >= 4 is 12.2 Å². The number of carbonyl (C=O) groups excluding carboxylic acids is 2. The SMILES string of the molecule is CCCCCCCCCCC.[N-]=C=O.[N-]=C=O. The molecule has 4 heteroatoms. The maximum absolute atomic E-state index is 8.24. The molecule has 0 rings (SSSR count). The van der Waals surface area contributed by atoms with Gasteiger partial charge in [0.2, 0.25) is 0 Å². The molecule has 0 saturated heterocycles. The van der Waals surface area contributed by atoms with Crippen molar-refractivity contribution in [3.8, 4) is 0 Å². The van der Waals surface area contributed by atoms with Crippen LogP contribution in [0.2, 0.25) is 0 Å². The summed E-state index contributed by atoms with van der Waals surface area (Å²) in [5, 5.41) is 13.5. The molecule has 0 N–H and O–H groups in total. The van der Waals surface area contributed by atoms with Crippen LogP contribution in [0.4, 0.5) is 0 Å². The number of hydrogen-bond acceptors (Lipinski definition) is 2. The molecule has 0 radical (unpaired) electrons. The second-order valence-electron chi connectivity index (χ2n) is 3.66. The monoisotopic (exact) mass is 240 g/mol. The highest BCUT2D eigenvalue weighted by atomic mass is 16.1. The Morgan fingerprint density at radius 2 is 0.824 bits per heavy atom. The average molecular weight is 240 g/mol. The van der Waals surface area contributed by atoms with Gasteiger partial charge in [-0.3, -0.25) is 9.59 Å². The lowest BCUT2D eigenvalue weighted by Crippen LogP contribution is -1.79. The zero-order valence-electron chi connectivity index (χ0n) is 11.1. The summed E-state index contributed by atoms with van der Waals surface area (Å²) in [6.45, 7) is 4.55. The highest BCUT2D eigenvalue weighted by Gasteiger charge is 1.88. The maximum atomic E-state index is 8.24. The van der Waals surface area contributed by atoms with Gasteiger partial charge in [-0.2, -0.15) is 0 Å². The van der Waals surface area contributed by atoms with E-state index in [0.717, 1.165) is 0 Å². The highest BCUT2D eigenvalue weighted by molar-refractivity contribution is 5.37. The fourth-order valence-electron chi connectivity index (χ4n) is 1.38. The van der Waals surface area contributed by atoms with Gasteiger partial charge in [0.15, 0.2) is 0 Å². The van der Waals surface area contributed by atoms with E-state index < -0.39 is 0 Å². The molecular formula is C13H24N2O2-2. The first-order chi connectivity index (χ1) is 8.24. The first-order valence-corrected chi connectivity index (χ1v) is 6.27. The molecule has 0 atom stereocenters. The molecule has 0 amide bonds. The molecule has 0 aliphatic heterocycles. The van der Waals surface area contributed by atoms with E-state index in [1.54, 1.807) is 0 Å². The third kappa shape index (κ3) is 52.6. The van der Waals surface area contributed by atoms with E-state index in [4.69, 9.17) is 20.4 Å². The third-order valence-electron chi connectivity index (χ3n) is 2.21. The average Bonchev–Trinajstić information content (AvgIpc) is 2.30. The van der Waals surface area contributed by atoms with Crippen LogP contribution >= 0.6 is 0 Å². The maximum Gasteiger partial charge on any atom is -0.0159 e. The van der Waals surface area contributed by atoms with E-state index in [0.29, 0.717) is 12.2 Å². The Kier molecular flexibility index (Phi) is 36.4. The quantitative estimate of drug-likeness (QED) is 0.360. The second-order valence-corrected chi connectivity index (χ2v) is 3.66. The summed E-state index contributed by atoms with van der Waals surface area (Å²) < 4.78 is 0. The highest BCUT2D eigenvalue weighted by Crippen LogP contribution is 2.08. The Bertz CT molecular complexity index is 162. The van der Waals surface area contributed by atoms with Gasteiger partial charge in [-0.15, -0.1) is 0 Å². The molecule has 0 aromatic rings. The fourth-order valence-corrected chi connectivity index (χ4v) is 1.38. The zero-order valence-corrected chi connectivity index (χ0v) is 11.1. The predicted molar refractivity (Wildman–Crippen MR) is 71.0 cm³/mol. The van der Waals surface area contributed by atoms with Crippen LogP contribution in [0.5, 0.6) is 0 Å². The molecule has 0 heterocycles. The Hall–Kier alpha value is -1.24. The summed E-state index contributed by atoms with van der Waals surface area (Å²) in [7, 11) is 0. The Morgan fingerprint density at radius 1 is 0.647 bits per heavy atom. The molecule has 0 aromatic heterocycles. The molecule has 0 fully saturated rings. The number of rotatable bonds is 8. The molecular weight excluding hydrogens is 216 g/mol. The van der Waals surface area contributed by atoms with Crippen LogP contribution in [0.15, 0.2) is 0 Å². The summed E-state index contributed by atoms with van der Waals surface area (Å²) in [6, 6.07) is 0. The van der Waals surface area contributed by atoms with Crippen LogP contribution in [0, 0.1) is 0 Å². The van der Waals surface area contributed by atoms with Crippen molar-refractivity contribution in [1.82, 2.24) is 0 Å². The number of nitrogens with zero attached hydrogens (tertiary/aromatic N) is 2. The van der Waals surface area contributed by atoms with E-state index >= 15 is 0 Å². The molecule has 4 nitrogen and oxygen atoms in total. The van der Waals surface area contributed by atoms with Crippen molar-refractivity contribution in [3.05, 3.63) is 10.8 Å². The van der Waals surface area contributed by atoms with E-state index in [-0.39, 0.29) is 0 Å². The molecule has 0 saturated carbocycles. The lowest BCUT2D eigenvalue weighted by molar-refractivity contribution is 0.568. The minimum absolute atomic E-state index is 0.500. The van der Waals surface area contributed by atoms with Crippen LogP contribution < -0.4 is 0 Å². The smallest absolute Gasteiger partial charge is 0.0159 e. The molecule has 0 unspecified atom stereocenters. The standard InChI is InChI=1S/C11H24.2CNO/c1-3-5-7-9-11-10-8-6-4-2;2*2-1-3/h3-11H2,1-2H3;;/q;2*-1. The van der Waals surface area contributed by atoms with Crippen LogP contribution in [-0.2, 0) is 9.59 Å². The van der Waals surface area contributed by atoms with Crippen LogP contribution in [0.1, 0.15) is 71.6 Å². The number of hydrogen-bond donors (Lipinski definition) is 0. The predicted octanol–water partition coefficient (Wildman–Crippen LogP) is 4.32. The van der Waals surface area contributed by atoms with Crippen molar-refractivity contribution in [1.29, 1.82) is 0 Å². The molecule has 0 aliphatic carbocycles. The first-order valence-electron chi connectivity index (χ1n) is 6.27. The largest absolute Gasteiger partial charge is 0.724 e. The molecule has 0 bridgehead atoms. The minimum Gasteiger partial charge on any atom is -0.724 e. The van der Waals surface area contributed by atoms with Crippen LogP contribution in [0.3, 0.4) is 0 Å². The van der Waals surface area contributed by atoms with Crippen molar-refractivity contribution in [2.75, 3.05) is 0 Å². The zero-order chi connectivity index (χ0) is 13.8. The van der Waals surface area contributed by atoms with Gasteiger partial charge in [-0.05, 0) is 12.2 Å². The normalized spacial score (nSPS) is 7.65. The Labute approximate surface area is 105 Å². The third-order valence-corrected chi connectivity index (χ3v) is 2.21. The summed E-state index contributed by atoms with van der Waals surface area (Å²) in [5.41, 5.74) is 0. The summed E-state index contributed by atoms with van der Waals surface area (Å²) in [5.74, 6) is 0. The van der Waals surface area contributed by atoms with Crippen LogP contribution in [-0.4, -0.2) is 12.2 Å². The van der Waals surface area contributed by atoms with Gasteiger partial charge in [0.1, 0.15) is 0 Å². The summed E-state index contributed by atoms with van der Waals surface area (Å²) in [4.78, 5) is 16.5. The van der Waals surface area contributed by atoms with Crippen molar-refractivity contribution in [2.45, 2.75) is 71.6 Å². The van der Waals surface area contributed by atoms with Gasteiger partial charge in [-0.25, -0.2) is 0 Å². The van der Waals surface area contributed by atoms with Crippen LogP contribution in [0.25, 0.3) is 10.8 Å². The van der Waals surface area contributed by atoms with Gasteiger partial charge >= 0.3 is 0 Å². The minimum atomic E-state index is 0.500. The molecule has 0 spiro atoms. The molecule has 100 valence electrons.